The van der Waals surface area contributed by atoms with Crippen LogP contribution in [0.3, 0.4) is 0 Å². The van der Waals surface area contributed by atoms with E-state index in [1.165, 1.54) is 0 Å². The number of carbonyl (C=O) groups excluding carboxylic acids is 1. The smallest absolute Gasteiger partial charge is 0.225 e. The van der Waals surface area contributed by atoms with Crippen LogP contribution in [-0.4, -0.2) is 20.1 Å². The fraction of sp³-hybridized carbons (Fsp3) is 0.263. The van der Waals surface area contributed by atoms with E-state index in [-0.39, 0.29) is 18.4 Å². The molecule has 0 aliphatic heterocycles. The number of benzene rings is 2. The number of nitrogens with one attached hydrogen (secondary N) is 1. The summed E-state index contributed by atoms with van der Waals surface area (Å²) in [6.07, 6.45) is 0.195. The van der Waals surface area contributed by atoms with Crippen molar-refractivity contribution in [2.24, 2.45) is 0 Å². The third kappa shape index (κ3) is 4.26. The van der Waals surface area contributed by atoms with E-state index in [0.29, 0.717) is 17.1 Å². The molecule has 5 heteroatoms. The van der Waals surface area contributed by atoms with Gasteiger partial charge in [-0.05, 0) is 42.8 Å². The van der Waals surface area contributed by atoms with Crippen molar-refractivity contribution in [3.05, 3.63) is 59.2 Å². The lowest BCUT2D eigenvalue weighted by molar-refractivity contribution is -0.121. The van der Waals surface area contributed by atoms with E-state index < -0.39 is 0 Å². The van der Waals surface area contributed by atoms with Crippen LogP contribution < -0.4 is 14.8 Å². The Morgan fingerprint density at radius 3 is 2.46 bits per heavy atom. The lowest BCUT2D eigenvalue weighted by atomic mass is 10.1. The molecule has 0 aromatic heterocycles. The number of ether oxygens (including phenoxy) is 2. The molecule has 124 valence electrons. The first-order valence-electron chi connectivity index (χ1n) is 7.57. The molecule has 0 fully saturated rings. The van der Waals surface area contributed by atoms with Gasteiger partial charge in [-0.25, -0.2) is 0 Å². The number of hydrogen-bond donors (Lipinski definition) is 1. The summed E-state index contributed by atoms with van der Waals surface area (Å²) in [7, 11) is 3.15. The van der Waals surface area contributed by atoms with Gasteiger partial charge in [-0.15, -0.1) is 0 Å². The topological polar surface area (TPSA) is 71.3 Å². The molecule has 0 saturated carbocycles. The number of rotatable bonds is 6. The van der Waals surface area contributed by atoms with Crippen molar-refractivity contribution in [2.45, 2.75) is 19.4 Å². The maximum Gasteiger partial charge on any atom is 0.225 e. The summed E-state index contributed by atoms with van der Waals surface area (Å²) < 4.78 is 10.5. The first-order valence-corrected chi connectivity index (χ1v) is 7.57. The molecule has 0 heterocycles. The quantitative estimate of drug-likeness (QED) is 0.886. The zero-order valence-electron chi connectivity index (χ0n) is 14.0. The van der Waals surface area contributed by atoms with E-state index in [2.05, 4.69) is 11.4 Å². The molecular weight excluding hydrogens is 304 g/mol. The summed E-state index contributed by atoms with van der Waals surface area (Å²) in [5, 5.41) is 11.8. The van der Waals surface area contributed by atoms with Gasteiger partial charge in [0.1, 0.15) is 11.5 Å². The number of methoxy groups -OCH3 is 2. The normalized spacial score (nSPS) is 11.2. The fourth-order valence-electron chi connectivity index (χ4n) is 2.42. The van der Waals surface area contributed by atoms with Crippen LogP contribution in [0.2, 0.25) is 0 Å². The van der Waals surface area contributed by atoms with E-state index in [4.69, 9.17) is 14.7 Å². The molecule has 0 aliphatic rings. The predicted molar refractivity (Wildman–Crippen MR) is 91.0 cm³/mol. The molecular formula is C19H20N2O3. The van der Waals surface area contributed by atoms with Gasteiger partial charge in [0.15, 0.2) is 0 Å². The zero-order valence-corrected chi connectivity index (χ0v) is 14.0. The molecule has 1 unspecified atom stereocenters. The molecule has 0 saturated heterocycles. The second kappa shape index (κ2) is 8.02. The molecule has 2 aromatic rings. The standard InChI is InChI=1S/C19H20N2O3/c1-13(15-6-4-14(12-20)5-7-15)21-19(22)11-16-10-17(23-2)8-9-18(16)24-3/h4-10,13H,11H2,1-3H3,(H,21,22). The molecule has 1 amide bonds. The fourth-order valence-corrected chi connectivity index (χ4v) is 2.42. The summed E-state index contributed by atoms with van der Waals surface area (Å²) in [4.78, 5) is 12.3. The van der Waals surface area contributed by atoms with Crippen LogP contribution in [0.1, 0.15) is 29.7 Å². The van der Waals surface area contributed by atoms with Crippen molar-refractivity contribution in [3.63, 3.8) is 0 Å². The van der Waals surface area contributed by atoms with Gasteiger partial charge in [0.05, 0.1) is 38.3 Å². The third-order valence-electron chi connectivity index (χ3n) is 3.76. The monoisotopic (exact) mass is 324 g/mol. The Labute approximate surface area is 141 Å². The van der Waals surface area contributed by atoms with Crippen molar-refractivity contribution in [3.8, 4) is 17.6 Å². The Morgan fingerprint density at radius 2 is 1.88 bits per heavy atom. The summed E-state index contributed by atoms with van der Waals surface area (Å²) in [6.45, 7) is 1.90. The van der Waals surface area contributed by atoms with Gasteiger partial charge in [-0.2, -0.15) is 5.26 Å². The maximum atomic E-state index is 12.3. The molecule has 2 aromatic carbocycles. The van der Waals surface area contributed by atoms with Crippen molar-refractivity contribution in [2.75, 3.05) is 14.2 Å². The molecule has 5 nitrogen and oxygen atoms in total. The van der Waals surface area contributed by atoms with Crippen LogP contribution in [0.15, 0.2) is 42.5 Å². The molecule has 0 spiro atoms. The summed E-state index contributed by atoms with van der Waals surface area (Å²) in [5.74, 6) is 1.22. The van der Waals surface area contributed by atoms with Crippen LogP contribution in [-0.2, 0) is 11.2 Å². The minimum absolute atomic E-state index is 0.113. The molecule has 0 radical (unpaired) electrons. The van der Waals surface area contributed by atoms with Gasteiger partial charge >= 0.3 is 0 Å². The average molecular weight is 324 g/mol. The van der Waals surface area contributed by atoms with E-state index >= 15 is 0 Å². The molecule has 1 N–H and O–H groups in total. The first-order chi connectivity index (χ1) is 11.6. The predicted octanol–water partition coefficient (Wildman–Crippen LogP) is 3.00. The minimum Gasteiger partial charge on any atom is -0.497 e. The van der Waals surface area contributed by atoms with Gasteiger partial charge in [0.2, 0.25) is 5.91 Å². The maximum absolute atomic E-state index is 12.3. The van der Waals surface area contributed by atoms with Crippen molar-refractivity contribution < 1.29 is 14.3 Å². The Balaban J connectivity index is 2.05. The second-order valence-corrected chi connectivity index (χ2v) is 5.38. The number of nitrogens with zero attached hydrogens (tertiary/aromatic N) is 1. The zero-order chi connectivity index (χ0) is 17.5. The Hall–Kier alpha value is -3.00. The minimum atomic E-state index is -0.151. The lowest BCUT2D eigenvalue weighted by Crippen LogP contribution is -2.28. The molecule has 1 atom stereocenters. The largest absolute Gasteiger partial charge is 0.497 e. The van der Waals surface area contributed by atoms with Crippen LogP contribution >= 0.6 is 0 Å². The highest BCUT2D eigenvalue weighted by atomic mass is 16.5. The third-order valence-corrected chi connectivity index (χ3v) is 3.76. The van der Waals surface area contributed by atoms with Gasteiger partial charge < -0.3 is 14.8 Å². The van der Waals surface area contributed by atoms with Crippen molar-refractivity contribution >= 4 is 5.91 Å². The first kappa shape index (κ1) is 17.4. The summed E-state index contributed by atoms with van der Waals surface area (Å²) in [6, 6.07) is 14.5. The van der Waals surface area contributed by atoms with Crippen LogP contribution in [0.5, 0.6) is 11.5 Å². The van der Waals surface area contributed by atoms with Crippen molar-refractivity contribution in [1.82, 2.24) is 5.32 Å². The summed E-state index contributed by atoms with van der Waals surface area (Å²) in [5.41, 5.74) is 2.31. The number of nitriles is 1. The number of carbonyl (C=O) groups is 1. The molecule has 2 rings (SSSR count). The van der Waals surface area contributed by atoms with E-state index in [9.17, 15) is 4.79 Å². The number of amides is 1. The summed E-state index contributed by atoms with van der Waals surface area (Å²) >= 11 is 0. The molecule has 0 aliphatic carbocycles. The Kier molecular flexibility index (Phi) is 5.80. The highest BCUT2D eigenvalue weighted by Gasteiger charge is 2.13. The van der Waals surface area contributed by atoms with Gasteiger partial charge in [-0.3, -0.25) is 4.79 Å². The van der Waals surface area contributed by atoms with E-state index in [1.807, 2.05) is 19.1 Å². The highest BCUT2D eigenvalue weighted by molar-refractivity contribution is 5.80. The molecule has 0 bridgehead atoms. The highest BCUT2D eigenvalue weighted by Crippen LogP contribution is 2.24. The van der Waals surface area contributed by atoms with E-state index in [1.54, 1.807) is 44.6 Å². The van der Waals surface area contributed by atoms with Gasteiger partial charge in [0.25, 0.3) is 0 Å². The number of hydrogen-bond acceptors (Lipinski definition) is 4. The van der Waals surface area contributed by atoms with Crippen molar-refractivity contribution in [1.29, 1.82) is 5.26 Å². The Morgan fingerprint density at radius 1 is 1.17 bits per heavy atom. The van der Waals surface area contributed by atoms with Crippen LogP contribution in [0, 0.1) is 11.3 Å². The van der Waals surface area contributed by atoms with Crippen LogP contribution in [0.25, 0.3) is 0 Å². The Bertz CT molecular complexity index is 748. The second-order valence-electron chi connectivity index (χ2n) is 5.38. The van der Waals surface area contributed by atoms with Gasteiger partial charge in [-0.1, -0.05) is 12.1 Å². The average Bonchev–Trinajstić information content (AvgIpc) is 2.61. The van der Waals surface area contributed by atoms with E-state index in [0.717, 1.165) is 11.1 Å². The molecule has 24 heavy (non-hydrogen) atoms. The SMILES string of the molecule is COc1ccc(OC)c(CC(=O)NC(C)c2ccc(C#N)cc2)c1. The van der Waals surface area contributed by atoms with Gasteiger partial charge in [0, 0.05) is 5.56 Å². The van der Waals surface area contributed by atoms with Crippen LogP contribution in [0.4, 0.5) is 0 Å². The lowest BCUT2D eigenvalue weighted by Gasteiger charge is -2.15.